The monoisotopic (exact) mass is 331 g/mol. The van der Waals surface area contributed by atoms with E-state index in [-0.39, 0.29) is 11.4 Å². The number of amides is 1. The fraction of sp³-hybridized carbons (Fsp3) is 0.250. The van der Waals surface area contributed by atoms with E-state index in [1.54, 1.807) is 11.8 Å². The molecule has 1 aromatic heterocycles. The molecule has 1 aromatic carbocycles. The van der Waals surface area contributed by atoms with Gasteiger partial charge >= 0.3 is 0 Å². The zero-order chi connectivity index (χ0) is 15.6. The van der Waals surface area contributed by atoms with Crippen LogP contribution in [-0.2, 0) is 5.54 Å². The number of nitrogens with zero attached hydrogens (tertiary/aromatic N) is 1. The molecule has 1 unspecified atom stereocenters. The first-order valence-electron chi connectivity index (χ1n) is 6.99. The summed E-state index contributed by atoms with van der Waals surface area (Å²) in [6, 6.07) is 9.66. The van der Waals surface area contributed by atoms with Gasteiger partial charge in [0.1, 0.15) is 0 Å². The van der Waals surface area contributed by atoms with Crippen LogP contribution in [0.25, 0.3) is 0 Å². The van der Waals surface area contributed by atoms with Crippen LogP contribution >= 0.6 is 23.1 Å². The highest BCUT2D eigenvalue weighted by Crippen LogP contribution is 2.35. The Kier molecular flexibility index (Phi) is 4.22. The lowest BCUT2D eigenvalue weighted by atomic mass is 9.89. The molecule has 2 aromatic rings. The van der Waals surface area contributed by atoms with E-state index in [9.17, 15) is 4.79 Å². The van der Waals surface area contributed by atoms with Gasteiger partial charge in [0.2, 0.25) is 0 Å². The average molecular weight is 331 g/mol. The largest absolute Gasteiger partial charge is 0.379 e. The van der Waals surface area contributed by atoms with Crippen molar-refractivity contribution in [3.05, 3.63) is 52.2 Å². The predicted octanol–water partition coefficient (Wildman–Crippen LogP) is 3.67. The Morgan fingerprint density at radius 2 is 2.27 bits per heavy atom. The van der Waals surface area contributed by atoms with Crippen molar-refractivity contribution in [2.24, 2.45) is 10.7 Å². The van der Waals surface area contributed by atoms with E-state index in [0.717, 1.165) is 23.4 Å². The fourth-order valence-electron chi connectivity index (χ4n) is 2.42. The molecule has 0 bridgehead atoms. The number of thiophene rings is 1. The maximum absolute atomic E-state index is 12.1. The van der Waals surface area contributed by atoms with E-state index < -0.39 is 0 Å². The summed E-state index contributed by atoms with van der Waals surface area (Å²) < 4.78 is 0. The third kappa shape index (κ3) is 3.18. The summed E-state index contributed by atoms with van der Waals surface area (Å²) in [4.78, 5) is 16.7. The van der Waals surface area contributed by atoms with Crippen molar-refractivity contribution < 1.29 is 4.79 Å². The van der Waals surface area contributed by atoms with Crippen molar-refractivity contribution in [3.63, 3.8) is 0 Å². The number of rotatable bonds is 3. The van der Waals surface area contributed by atoms with Gasteiger partial charge in [0.05, 0.1) is 11.1 Å². The number of carbonyl (C=O) groups is 1. The molecule has 0 spiro atoms. The Morgan fingerprint density at radius 1 is 1.41 bits per heavy atom. The number of aliphatic imine (C=N–C) groups is 1. The maximum Gasteiger partial charge on any atom is 0.256 e. The second-order valence-electron chi connectivity index (χ2n) is 5.37. The van der Waals surface area contributed by atoms with Crippen LogP contribution in [0.15, 0.2) is 46.1 Å². The van der Waals surface area contributed by atoms with Gasteiger partial charge in [-0.2, -0.15) is 11.3 Å². The van der Waals surface area contributed by atoms with Crippen LogP contribution in [0.1, 0.15) is 29.3 Å². The highest BCUT2D eigenvalue weighted by Gasteiger charge is 2.29. The Hall–Kier alpha value is -1.79. The zero-order valence-electron chi connectivity index (χ0n) is 12.2. The van der Waals surface area contributed by atoms with Gasteiger partial charge in [-0.05, 0) is 42.5 Å². The minimum Gasteiger partial charge on any atom is -0.379 e. The highest BCUT2D eigenvalue weighted by atomic mass is 32.2. The van der Waals surface area contributed by atoms with Gasteiger partial charge in [-0.25, -0.2) is 0 Å². The number of hydrogen-bond donors (Lipinski definition) is 2. The van der Waals surface area contributed by atoms with Gasteiger partial charge in [-0.1, -0.05) is 23.9 Å². The number of amidine groups is 1. The summed E-state index contributed by atoms with van der Waals surface area (Å²) in [7, 11) is 0. The summed E-state index contributed by atoms with van der Waals surface area (Å²) in [6.45, 7) is 2.08. The van der Waals surface area contributed by atoms with Crippen LogP contribution in [-0.4, -0.2) is 16.8 Å². The van der Waals surface area contributed by atoms with Gasteiger partial charge in [-0.3, -0.25) is 9.79 Å². The molecule has 1 aliphatic heterocycles. The van der Waals surface area contributed by atoms with Crippen molar-refractivity contribution in [2.75, 3.05) is 11.1 Å². The van der Waals surface area contributed by atoms with Crippen LogP contribution < -0.4 is 11.1 Å². The summed E-state index contributed by atoms with van der Waals surface area (Å²) >= 11 is 3.10. The molecule has 4 nitrogen and oxygen atoms in total. The van der Waals surface area contributed by atoms with E-state index in [0.29, 0.717) is 10.7 Å². The number of thioether (sulfide) groups is 1. The summed E-state index contributed by atoms with van der Waals surface area (Å²) in [5, 5.41) is 7.29. The van der Waals surface area contributed by atoms with Crippen LogP contribution in [0.5, 0.6) is 0 Å². The topological polar surface area (TPSA) is 67.5 Å². The second-order valence-corrected chi connectivity index (χ2v) is 7.26. The molecule has 1 atom stereocenters. The van der Waals surface area contributed by atoms with E-state index in [1.807, 2.05) is 41.1 Å². The quantitative estimate of drug-likeness (QED) is 0.902. The number of hydrogen-bond acceptors (Lipinski definition) is 5. The van der Waals surface area contributed by atoms with Crippen LogP contribution in [0.2, 0.25) is 0 Å². The minimum absolute atomic E-state index is 0.0919. The summed E-state index contributed by atoms with van der Waals surface area (Å²) in [5.74, 6) is 0.864. The molecule has 1 amide bonds. The Bertz CT molecular complexity index is 712. The number of benzene rings is 1. The number of carbonyl (C=O) groups excluding carboxylic acids is 1. The van der Waals surface area contributed by atoms with Gasteiger partial charge in [0.25, 0.3) is 5.91 Å². The number of nitrogens with two attached hydrogens (primary N) is 1. The molecule has 0 radical (unpaired) electrons. The highest BCUT2D eigenvalue weighted by molar-refractivity contribution is 8.13. The fourth-order valence-corrected chi connectivity index (χ4v) is 4.03. The zero-order valence-corrected chi connectivity index (χ0v) is 13.8. The number of nitrogens with one attached hydrogen (secondary N) is 1. The third-order valence-corrected chi connectivity index (χ3v) is 5.20. The molecular formula is C16H17N3OS2. The molecule has 3 N–H and O–H groups in total. The second kappa shape index (κ2) is 6.14. The van der Waals surface area contributed by atoms with Gasteiger partial charge in [0.15, 0.2) is 5.17 Å². The average Bonchev–Trinajstić information content (AvgIpc) is 3.01. The lowest BCUT2D eigenvalue weighted by molar-refractivity contribution is 0.102. The van der Waals surface area contributed by atoms with E-state index in [2.05, 4.69) is 17.2 Å². The van der Waals surface area contributed by atoms with Crippen molar-refractivity contribution in [3.8, 4) is 0 Å². The first-order valence-corrected chi connectivity index (χ1v) is 8.92. The SMILES string of the molecule is CC1(c2cccc(NC(=O)c3ccsc3)c2)CCSC(N)=N1. The third-order valence-electron chi connectivity index (χ3n) is 3.72. The molecule has 0 saturated carbocycles. The van der Waals surface area contributed by atoms with Crippen LogP contribution in [0, 0.1) is 0 Å². The van der Waals surface area contributed by atoms with Gasteiger partial charge in [-0.15, -0.1) is 0 Å². The lowest BCUT2D eigenvalue weighted by Crippen LogP contribution is -2.28. The van der Waals surface area contributed by atoms with E-state index in [4.69, 9.17) is 5.73 Å². The Balaban J connectivity index is 1.84. The molecule has 0 fully saturated rings. The maximum atomic E-state index is 12.1. The molecule has 22 heavy (non-hydrogen) atoms. The van der Waals surface area contributed by atoms with Crippen molar-refractivity contribution in [1.82, 2.24) is 0 Å². The lowest BCUT2D eigenvalue weighted by Gasteiger charge is -2.30. The van der Waals surface area contributed by atoms with Crippen LogP contribution in [0.4, 0.5) is 5.69 Å². The first-order chi connectivity index (χ1) is 10.6. The minimum atomic E-state index is -0.321. The van der Waals surface area contributed by atoms with Crippen molar-refractivity contribution in [2.45, 2.75) is 18.9 Å². The summed E-state index contributed by atoms with van der Waals surface area (Å²) in [6.07, 6.45) is 0.931. The first kappa shape index (κ1) is 15.1. The normalized spacial score (nSPS) is 21.2. The molecule has 114 valence electrons. The Labute approximate surface area is 137 Å². The van der Waals surface area contributed by atoms with Crippen molar-refractivity contribution >= 4 is 39.9 Å². The Morgan fingerprint density at radius 3 is 3.00 bits per heavy atom. The molecule has 0 aliphatic carbocycles. The molecular weight excluding hydrogens is 314 g/mol. The van der Waals surface area contributed by atoms with Crippen molar-refractivity contribution in [1.29, 1.82) is 0 Å². The summed E-state index contributed by atoms with van der Waals surface area (Å²) in [5.41, 5.74) is 8.08. The molecule has 1 aliphatic rings. The smallest absolute Gasteiger partial charge is 0.256 e. The predicted molar refractivity (Wildman–Crippen MR) is 94.8 cm³/mol. The van der Waals surface area contributed by atoms with E-state index in [1.165, 1.54) is 11.3 Å². The number of anilines is 1. The molecule has 0 saturated heterocycles. The molecule has 3 rings (SSSR count). The van der Waals surface area contributed by atoms with E-state index >= 15 is 0 Å². The van der Waals surface area contributed by atoms with Crippen LogP contribution in [0.3, 0.4) is 0 Å². The van der Waals surface area contributed by atoms with Gasteiger partial charge in [0, 0.05) is 16.8 Å². The molecule has 2 heterocycles. The molecule has 6 heteroatoms. The standard InChI is InChI=1S/C16H17N3OS2/c1-16(6-8-22-15(17)19-16)12-3-2-4-13(9-12)18-14(20)11-5-7-21-10-11/h2-5,7,9-10H,6,8H2,1H3,(H2,17,19)(H,18,20). The van der Waals surface area contributed by atoms with Gasteiger partial charge < -0.3 is 11.1 Å².